The number of carbonyl (C=O) groups is 2. The predicted octanol–water partition coefficient (Wildman–Crippen LogP) is 1.08. The topological polar surface area (TPSA) is 96.2 Å². The second-order valence-electron chi connectivity index (χ2n) is 4.40. The fourth-order valence-corrected chi connectivity index (χ4v) is 1.73. The number of hydrogen-bond donors (Lipinski definition) is 3. The van der Waals surface area contributed by atoms with Crippen LogP contribution in [0.4, 0.5) is 4.79 Å². The number of aromatic carboxylic acids is 1. The molecule has 0 aliphatic heterocycles. The molecule has 1 aromatic heterocycles. The van der Waals surface area contributed by atoms with Gasteiger partial charge in [-0.2, -0.15) is 0 Å². The highest BCUT2D eigenvalue weighted by Crippen LogP contribution is 1.97. The number of rotatable bonds is 6. The molecule has 1 aromatic carbocycles. The van der Waals surface area contributed by atoms with Crippen LogP contribution in [0.2, 0.25) is 0 Å². The Morgan fingerprint density at radius 1 is 1.19 bits per heavy atom. The number of imidazole rings is 1. The number of hydrogen-bond acceptors (Lipinski definition) is 3. The molecule has 0 fully saturated rings. The Kier molecular flexibility index (Phi) is 4.92. The molecule has 0 saturated heterocycles. The lowest BCUT2D eigenvalue weighted by Gasteiger charge is -2.08. The minimum Gasteiger partial charge on any atom is -0.476 e. The van der Waals surface area contributed by atoms with Crippen LogP contribution in [0, 0.1) is 0 Å². The molecule has 0 unspecified atom stereocenters. The Morgan fingerprint density at radius 3 is 2.62 bits per heavy atom. The van der Waals surface area contributed by atoms with E-state index in [1.807, 2.05) is 30.3 Å². The van der Waals surface area contributed by atoms with Crippen LogP contribution in [0.25, 0.3) is 0 Å². The fraction of sp³-hybridized carbons (Fsp3) is 0.214. The lowest BCUT2D eigenvalue weighted by molar-refractivity contribution is 0.0691. The Labute approximate surface area is 121 Å². The third-order valence-electron chi connectivity index (χ3n) is 2.80. The van der Waals surface area contributed by atoms with Gasteiger partial charge in [0.25, 0.3) is 0 Å². The van der Waals surface area contributed by atoms with Gasteiger partial charge in [0.1, 0.15) is 0 Å². The quantitative estimate of drug-likeness (QED) is 0.741. The number of amides is 2. The van der Waals surface area contributed by atoms with Gasteiger partial charge in [0.2, 0.25) is 0 Å². The first-order valence-corrected chi connectivity index (χ1v) is 6.46. The number of aromatic nitrogens is 2. The van der Waals surface area contributed by atoms with E-state index in [0.717, 1.165) is 5.56 Å². The Bertz CT molecular complexity index is 610. The molecule has 0 spiro atoms. The molecule has 7 heteroatoms. The lowest BCUT2D eigenvalue weighted by Crippen LogP contribution is -2.36. The summed E-state index contributed by atoms with van der Waals surface area (Å²) < 4.78 is 1.61. The van der Waals surface area contributed by atoms with Crippen LogP contribution in [0.1, 0.15) is 16.1 Å². The van der Waals surface area contributed by atoms with Crippen LogP contribution in [0.3, 0.4) is 0 Å². The van der Waals surface area contributed by atoms with E-state index in [1.165, 1.54) is 12.5 Å². The van der Waals surface area contributed by atoms with Crippen molar-refractivity contribution in [3.05, 3.63) is 54.1 Å². The predicted molar refractivity (Wildman–Crippen MR) is 75.9 cm³/mol. The maximum absolute atomic E-state index is 11.6. The molecule has 0 bridgehead atoms. The highest BCUT2D eigenvalue weighted by atomic mass is 16.4. The van der Waals surface area contributed by atoms with Gasteiger partial charge >= 0.3 is 12.0 Å². The first-order valence-electron chi connectivity index (χ1n) is 6.46. The second kappa shape index (κ2) is 7.09. The molecule has 0 aliphatic carbocycles. The summed E-state index contributed by atoms with van der Waals surface area (Å²) in [5.41, 5.74) is 1.01. The third kappa shape index (κ3) is 4.64. The molecular formula is C14H16N4O3. The summed E-state index contributed by atoms with van der Waals surface area (Å²) in [5, 5.41) is 14.2. The molecule has 3 N–H and O–H groups in total. The Morgan fingerprint density at radius 2 is 1.95 bits per heavy atom. The Hall–Kier alpha value is -2.83. The average Bonchev–Trinajstić information content (AvgIpc) is 2.95. The van der Waals surface area contributed by atoms with Crippen LogP contribution in [0.15, 0.2) is 42.9 Å². The zero-order valence-electron chi connectivity index (χ0n) is 11.3. The number of nitrogens with one attached hydrogen (secondary N) is 2. The van der Waals surface area contributed by atoms with Gasteiger partial charge in [-0.3, -0.25) is 0 Å². The summed E-state index contributed by atoms with van der Waals surface area (Å²) in [6.07, 6.45) is 2.85. The summed E-state index contributed by atoms with van der Waals surface area (Å²) in [4.78, 5) is 26.0. The standard InChI is InChI=1S/C14H16N4O3/c19-13(20)12-9-18(10-17-12)7-6-15-14(21)16-8-11-4-2-1-3-5-11/h1-5,9-10H,6-8H2,(H,19,20)(H2,15,16,21). The lowest BCUT2D eigenvalue weighted by atomic mass is 10.2. The number of benzene rings is 1. The molecule has 21 heavy (non-hydrogen) atoms. The molecule has 0 saturated carbocycles. The normalized spacial score (nSPS) is 10.1. The molecule has 7 nitrogen and oxygen atoms in total. The van der Waals surface area contributed by atoms with Gasteiger partial charge in [0.05, 0.1) is 6.33 Å². The van der Waals surface area contributed by atoms with Crippen molar-refractivity contribution < 1.29 is 14.7 Å². The molecule has 0 atom stereocenters. The van der Waals surface area contributed by atoms with E-state index in [4.69, 9.17) is 5.11 Å². The number of carboxylic acids is 1. The van der Waals surface area contributed by atoms with Crippen molar-refractivity contribution in [2.24, 2.45) is 0 Å². The molecule has 2 rings (SSSR count). The largest absolute Gasteiger partial charge is 0.476 e. The summed E-state index contributed by atoms with van der Waals surface area (Å²) >= 11 is 0. The summed E-state index contributed by atoms with van der Waals surface area (Å²) in [5.74, 6) is -1.07. The molecule has 0 radical (unpaired) electrons. The molecule has 2 aromatic rings. The van der Waals surface area contributed by atoms with Gasteiger partial charge in [-0.25, -0.2) is 14.6 Å². The minimum atomic E-state index is -1.07. The zero-order chi connectivity index (χ0) is 15.1. The molecule has 0 aliphatic rings. The van der Waals surface area contributed by atoms with Crippen LogP contribution in [-0.4, -0.2) is 33.2 Å². The average molecular weight is 288 g/mol. The van der Waals surface area contributed by atoms with Crippen molar-refractivity contribution in [3.63, 3.8) is 0 Å². The van der Waals surface area contributed by atoms with Crippen molar-refractivity contribution in [2.45, 2.75) is 13.1 Å². The number of carboxylic acid groups (broad SMARTS) is 1. The van der Waals surface area contributed by atoms with Gasteiger partial charge < -0.3 is 20.3 Å². The highest BCUT2D eigenvalue weighted by Gasteiger charge is 2.06. The van der Waals surface area contributed by atoms with Crippen molar-refractivity contribution in [1.82, 2.24) is 20.2 Å². The second-order valence-corrected chi connectivity index (χ2v) is 4.40. The van der Waals surface area contributed by atoms with Crippen LogP contribution in [0.5, 0.6) is 0 Å². The van der Waals surface area contributed by atoms with E-state index in [0.29, 0.717) is 19.6 Å². The maximum atomic E-state index is 11.6. The van der Waals surface area contributed by atoms with Crippen molar-refractivity contribution in [1.29, 1.82) is 0 Å². The van der Waals surface area contributed by atoms with E-state index in [9.17, 15) is 9.59 Å². The van der Waals surface area contributed by atoms with E-state index in [1.54, 1.807) is 4.57 Å². The fourth-order valence-electron chi connectivity index (χ4n) is 1.73. The van der Waals surface area contributed by atoms with Crippen molar-refractivity contribution >= 4 is 12.0 Å². The smallest absolute Gasteiger partial charge is 0.356 e. The number of urea groups is 1. The third-order valence-corrected chi connectivity index (χ3v) is 2.80. The summed E-state index contributed by atoms with van der Waals surface area (Å²) in [6.45, 7) is 1.30. The SMILES string of the molecule is O=C(NCCn1cnc(C(=O)O)c1)NCc1ccccc1. The van der Waals surface area contributed by atoms with E-state index < -0.39 is 5.97 Å². The molecule has 1 heterocycles. The van der Waals surface area contributed by atoms with Gasteiger partial charge in [0.15, 0.2) is 5.69 Å². The zero-order valence-corrected chi connectivity index (χ0v) is 11.3. The van der Waals surface area contributed by atoms with Crippen LogP contribution in [-0.2, 0) is 13.1 Å². The molecule has 110 valence electrons. The summed E-state index contributed by atoms with van der Waals surface area (Å²) in [7, 11) is 0. The first kappa shape index (κ1) is 14.6. The van der Waals surface area contributed by atoms with Gasteiger partial charge in [-0.05, 0) is 5.56 Å². The highest BCUT2D eigenvalue weighted by molar-refractivity contribution is 5.84. The maximum Gasteiger partial charge on any atom is 0.356 e. The molecule has 2 amide bonds. The first-order chi connectivity index (χ1) is 10.1. The minimum absolute atomic E-state index is 0.0106. The van der Waals surface area contributed by atoms with Crippen LogP contribution < -0.4 is 10.6 Å². The number of nitrogens with zero attached hydrogens (tertiary/aromatic N) is 2. The van der Waals surface area contributed by atoms with E-state index >= 15 is 0 Å². The van der Waals surface area contributed by atoms with E-state index in [-0.39, 0.29) is 11.7 Å². The number of carbonyl (C=O) groups excluding carboxylic acids is 1. The molecular weight excluding hydrogens is 272 g/mol. The van der Waals surface area contributed by atoms with Crippen LogP contribution >= 0.6 is 0 Å². The summed E-state index contributed by atoms with van der Waals surface area (Å²) in [6, 6.07) is 9.33. The van der Waals surface area contributed by atoms with Crippen molar-refractivity contribution in [2.75, 3.05) is 6.54 Å². The van der Waals surface area contributed by atoms with Gasteiger partial charge in [0, 0.05) is 25.8 Å². The van der Waals surface area contributed by atoms with E-state index in [2.05, 4.69) is 15.6 Å². The monoisotopic (exact) mass is 288 g/mol. The Balaban J connectivity index is 1.68. The van der Waals surface area contributed by atoms with Crippen molar-refractivity contribution in [3.8, 4) is 0 Å². The van der Waals surface area contributed by atoms with Gasteiger partial charge in [-0.15, -0.1) is 0 Å². The van der Waals surface area contributed by atoms with Gasteiger partial charge in [-0.1, -0.05) is 30.3 Å².